The van der Waals surface area contributed by atoms with Gasteiger partial charge in [-0.1, -0.05) is 31.8 Å². The largest absolute Gasteiger partial charge is 0.425 e. The van der Waals surface area contributed by atoms with E-state index in [2.05, 4.69) is 27.4 Å². The first-order chi connectivity index (χ1) is 19.8. The fourth-order valence-electron chi connectivity index (χ4n) is 3.88. The minimum absolute atomic E-state index is 0.0892. The number of hydrogen-bond donors (Lipinski definition) is 2. The van der Waals surface area contributed by atoms with E-state index in [0.29, 0.717) is 46.0 Å². The van der Waals surface area contributed by atoms with Crippen molar-refractivity contribution >= 4 is 18.6 Å². The molecule has 1 heterocycles. The maximum atomic E-state index is 11.3. The van der Waals surface area contributed by atoms with Gasteiger partial charge in [0.2, 0.25) is 12.2 Å². The molecule has 0 aromatic carbocycles. The topological polar surface area (TPSA) is 135 Å². The van der Waals surface area contributed by atoms with E-state index in [-0.39, 0.29) is 12.9 Å². The normalized spacial score (nSPS) is 15.6. The lowest BCUT2D eigenvalue weighted by Crippen LogP contribution is -2.42. The molecule has 0 amide bonds. The molecule has 40 heavy (non-hydrogen) atoms. The Morgan fingerprint density at radius 2 is 1.80 bits per heavy atom. The Balaban J connectivity index is 2.26. The number of hydroxylamine groups is 3. The summed E-state index contributed by atoms with van der Waals surface area (Å²) in [7, 11) is 0. The molecule has 228 valence electrons. The molecule has 1 aliphatic rings. The standard InChI is InChI=1S/C27H49N6O7/c1-2-20-39-40-22-21-36-31-17-11-5-6-13-19-33(37-24-29-16-10-4-3-9-15-28-23-34)38-25-30-27-14-8-7-12-18-32(27)26-35/h2,24,27,30-31H,1,3-22,25H2/q+1. The number of unbranched alkanes of at least 4 members (excludes halogenated alkanes) is 6. The molecule has 2 N–H and O–H groups in total. The molecule has 0 aromatic heterocycles. The Morgan fingerprint density at radius 3 is 2.62 bits per heavy atom. The molecule has 1 unspecified atom stereocenters. The summed E-state index contributed by atoms with van der Waals surface area (Å²) in [6.45, 7) is 8.05. The molecule has 0 radical (unpaired) electrons. The van der Waals surface area contributed by atoms with Crippen LogP contribution in [0.1, 0.15) is 77.0 Å². The second-order valence-corrected chi connectivity index (χ2v) is 9.24. The van der Waals surface area contributed by atoms with Gasteiger partial charge in [-0.3, -0.25) is 9.83 Å². The number of nitrogens with zero attached hydrogens (tertiary/aromatic N) is 4. The van der Waals surface area contributed by atoms with E-state index in [4.69, 9.17) is 24.3 Å². The molecular formula is C27H49N6O7+. The highest BCUT2D eigenvalue weighted by molar-refractivity contribution is 5.45. The fraction of sp³-hybridized carbons (Fsp3) is 0.815. The van der Waals surface area contributed by atoms with Gasteiger partial charge in [0, 0.05) is 25.9 Å². The summed E-state index contributed by atoms with van der Waals surface area (Å²) in [4.78, 5) is 55.7. The maximum Gasteiger partial charge on any atom is 0.425 e. The van der Waals surface area contributed by atoms with Gasteiger partial charge in [0.15, 0.2) is 12.9 Å². The minimum atomic E-state index is -0.0892. The summed E-state index contributed by atoms with van der Waals surface area (Å²) in [6, 6.07) is 0. The average Bonchev–Trinajstić information content (AvgIpc) is 3.21. The summed E-state index contributed by atoms with van der Waals surface area (Å²) in [5.41, 5.74) is 2.92. The highest BCUT2D eigenvalue weighted by Crippen LogP contribution is 2.11. The highest BCUT2D eigenvalue weighted by atomic mass is 17.2. The van der Waals surface area contributed by atoms with Crippen molar-refractivity contribution in [2.45, 2.75) is 83.2 Å². The molecule has 13 nitrogen and oxygen atoms in total. The second-order valence-electron chi connectivity index (χ2n) is 9.24. The monoisotopic (exact) mass is 569 g/mol. The fourth-order valence-corrected chi connectivity index (χ4v) is 3.88. The van der Waals surface area contributed by atoms with Gasteiger partial charge in [-0.15, -0.1) is 11.2 Å². The molecule has 0 aromatic rings. The lowest BCUT2D eigenvalue weighted by atomic mass is 10.2. The van der Waals surface area contributed by atoms with Crippen molar-refractivity contribution in [2.75, 3.05) is 59.3 Å². The van der Waals surface area contributed by atoms with E-state index in [9.17, 15) is 9.59 Å². The molecular weight excluding hydrogens is 520 g/mol. The zero-order valence-electron chi connectivity index (χ0n) is 23.9. The van der Waals surface area contributed by atoms with E-state index >= 15 is 0 Å². The maximum absolute atomic E-state index is 11.3. The van der Waals surface area contributed by atoms with E-state index in [1.807, 2.05) is 6.08 Å². The molecule has 0 bridgehead atoms. The Bertz CT molecular complexity index is 745. The van der Waals surface area contributed by atoms with Gasteiger partial charge in [0.1, 0.15) is 19.9 Å². The third kappa shape index (κ3) is 21.5. The van der Waals surface area contributed by atoms with Crippen molar-refractivity contribution in [3.05, 3.63) is 12.7 Å². The summed E-state index contributed by atoms with van der Waals surface area (Å²) in [5, 5.41) is 4.72. The Morgan fingerprint density at radius 1 is 0.975 bits per heavy atom. The second kappa shape index (κ2) is 28.2. The van der Waals surface area contributed by atoms with Crippen LogP contribution in [-0.4, -0.2) is 93.8 Å². The van der Waals surface area contributed by atoms with Crippen molar-refractivity contribution in [2.24, 2.45) is 9.98 Å². The molecule has 1 aliphatic heterocycles. The summed E-state index contributed by atoms with van der Waals surface area (Å²) in [5.74, 6) is 0. The molecule has 0 aliphatic carbocycles. The number of aliphatic imine (C=N–C) groups is 2. The van der Waals surface area contributed by atoms with Crippen LogP contribution in [0, 0.1) is 0 Å². The van der Waals surface area contributed by atoms with Gasteiger partial charge in [0.25, 0.3) is 0 Å². The van der Waals surface area contributed by atoms with Crippen LogP contribution < -0.4 is 10.8 Å². The van der Waals surface area contributed by atoms with Crippen LogP contribution in [0.3, 0.4) is 0 Å². The number of rotatable bonds is 27. The Hall–Kier alpha value is -2.31. The van der Waals surface area contributed by atoms with Crippen LogP contribution in [-0.2, 0) is 33.9 Å². The number of isocyanates is 2. The van der Waals surface area contributed by atoms with Gasteiger partial charge < -0.3 is 4.84 Å². The molecule has 1 saturated heterocycles. The summed E-state index contributed by atoms with van der Waals surface area (Å²) < 4.78 is 1.68. The van der Waals surface area contributed by atoms with Crippen molar-refractivity contribution < 1.29 is 38.5 Å². The molecule has 0 saturated carbocycles. The number of nitrogens with one attached hydrogen (secondary N) is 2. The van der Waals surface area contributed by atoms with E-state index in [1.165, 1.54) is 11.6 Å². The first kappa shape index (κ1) is 35.7. The zero-order chi connectivity index (χ0) is 28.8. The molecule has 1 rings (SSSR count). The minimum Gasteiger partial charge on any atom is -0.369 e. The van der Waals surface area contributed by atoms with Gasteiger partial charge in [-0.2, -0.15) is 4.79 Å². The predicted octanol–water partition coefficient (Wildman–Crippen LogP) is 3.09. The zero-order valence-corrected chi connectivity index (χ0v) is 23.9. The van der Waals surface area contributed by atoms with E-state index in [0.717, 1.165) is 83.6 Å². The molecule has 1 atom stereocenters. The first-order valence-electron chi connectivity index (χ1n) is 14.5. The third-order valence-corrected chi connectivity index (χ3v) is 6.02. The first-order valence-corrected chi connectivity index (χ1v) is 14.5. The lowest BCUT2D eigenvalue weighted by Gasteiger charge is -2.20. The van der Waals surface area contributed by atoms with Crippen LogP contribution in [0.4, 0.5) is 0 Å². The van der Waals surface area contributed by atoms with Crippen molar-refractivity contribution in [1.82, 2.24) is 16.0 Å². The van der Waals surface area contributed by atoms with Gasteiger partial charge >= 0.3 is 6.08 Å². The SMILES string of the molecule is C=CCOOCCONCCCCCCN(OC=NCCCCCCN=C=O)OCNC1CCCCC[N+]1=C=O. The molecule has 0 spiro atoms. The van der Waals surface area contributed by atoms with E-state index in [1.54, 1.807) is 16.7 Å². The van der Waals surface area contributed by atoms with Crippen LogP contribution >= 0.6 is 0 Å². The third-order valence-electron chi connectivity index (χ3n) is 6.02. The van der Waals surface area contributed by atoms with Crippen molar-refractivity contribution in [1.29, 1.82) is 0 Å². The summed E-state index contributed by atoms with van der Waals surface area (Å²) >= 11 is 0. The van der Waals surface area contributed by atoms with Crippen LogP contribution in [0.15, 0.2) is 22.6 Å². The quantitative estimate of drug-likeness (QED) is 0.0175. The van der Waals surface area contributed by atoms with Crippen LogP contribution in [0.25, 0.3) is 0 Å². The Kier molecular flexibility index (Phi) is 25.2. The average molecular weight is 570 g/mol. The Labute approximate surface area is 238 Å². The highest BCUT2D eigenvalue weighted by Gasteiger charge is 2.24. The number of hydrogen-bond acceptors (Lipinski definition) is 12. The smallest absolute Gasteiger partial charge is 0.369 e. The van der Waals surface area contributed by atoms with E-state index < -0.39 is 0 Å². The predicted molar refractivity (Wildman–Crippen MR) is 149 cm³/mol. The molecule has 1 fully saturated rings. The van der Waals surface area contributed by atoms with Gasteiger partial charge in [0.05, 0.1) is 19.7 Å². The van der Waals surface area contributed by atoms with Gasteiger partial charge in [-0.05, 0) is 43.8 Å². The van der Waals surface area contributed by atoms with Crippen LogP contribution in [0.5, 0.6) is 0 Å². The van der Waals surface area contributed by atoms with Crippen molar-refractivity contribution in [3.8, 4) is 0 Å². The number of carbonyl (C=O) groups excluding carboxylic acids is 2. The van der Waals surface area contributed by atoms with Gasteiger partial charge in [-0.25, -0.2) is 35.2 Å². The van der Waals surface area contributed by atoms with Crippen molar-refractivity contribution in [3.63, 3.8) is 0 Å². The van der Waals surface area contributed by atoms with Crippen LogP contribution in [0.2, 0.25) is 0 Å². The lowest BCUT2D eigenvalue weighted by molar-refractivity contribution is -0.570. The molecule has 13 heteroatoms. The summed E-state index contributed by atoms with van der Waals surface area (Å²) in [6.07, 6.45) is 18.3.